The third-order valence-corrected chi connectivity index (χ3v) is 8.78. The van der Waals surface area contributed by atoms with Crippen molar-refractivity contribution in [2.24, 2.45) is 0 Å². The molecule has 0 aliphatic heterocycles. The highest BCUT2D eigenvalue weighted by atomic mass is 15.5. The number of aromatic nitrogens is 7. The molecule has 0 fully saturated rings. The van der Waals surface area contributed by atoms with E-state index >= 15 is 0 Å². The minimum absolute atomic E-state index is 0.765. The van der Waals surface area contributed by atoms with E-state index in [1.54, 1.807) is 17.2 Å². The number of hydrogen-bond donors (Lipinski definition) is 0. The van der Waals surface area contributed by atoms with Crippen molar-refractivity contribution in [2.75, 3.05) is 0 Å². The van der Waals surface area contributed by atoms with Crippen LogP contribution in [0.25, 0.3) is 83.1 Å². The Balaban J connectivity index is 1.21. The Morgan fingerprint density at radius 3 is 1.78 bits per heavy atom. The fourth-order valence-corrected chi connectivity index (χ4v) is 6.36. The van der Waals surface area contributed by atoms with Crippen molar-refractivity contribution in [3.63, 3.8) is 0 Å². The summed E-state index contributed by atoms with van der Waals surface area (Å²) in [5.74, 6) is 0. The van der Waals surface area contributed by atoms with Crippen molar-refractivity contribution < 1.29 is 0 Å². The van der Waals surface area contributed by atoms with Gasteiger partial charge < -0.3 is 0 Å². The van der Waals surface area contributed by atoms with Gasteiger partial charge in [0.15, 0.2) is 0 Å². The standard InChI is InChI=1S/C42H27N7/c1-2-13-38-28(7-1)8-4-14-39(38)29-9-3-12-37(19-29)49-47-41-21-32(35-17-33(24-45-26-35)30-10-5-15-43-22-30)20-40(42(41)48-49)36-18-34(25-46-27-36)31-11-6-16-44-23-31/h1-27H. The first kappa shape index (κ1) is 28.4. The van der Waals surface area contributed by atoms with Gasteiger partial charge in [-0.25, -0.2) is 0 Å². The van der Waals surface area contributed by atoms with Gasteiger partial charge in [0.2, 0.25) is 0 Å². The molecule has 4 aromatic carbocycles. The van der Waals surface area contributed by atoms with Crippen molar-refractivity contribution >= 4 is 21.8 Å². The molecule has 0 amide bonds. The molecule has 49 heavy (non-hydrogen) atoms. The lowest BCUT2D eigenvalue weighted by molar-refractivity contribution is 0.766. The van der Waals surface area contributed by atoms with Crippen LogP contribution in [0.3, 0.4) is 0 Å². The van der Waals surface area contributed by atoms with Crippen molar-refractivity contribution in [2.45, 2.75) is 0 Å². The van der Waals surface area contributed by atoms with E-state index in [0.717, 1.165) is 66.8 Å². The topological polar surface area (TPSA) is 82.3 Å². The van der Waals surface area contributed by atoms with E-state index in [1.165, 1.54) is 16.3 Å². The first-order valence-corrected chi connectivity index (χ1v) is 16.0. The van der Waals surface area contributed by atoms with Crippen LogP contribution in [0.15, 0.2) is 165 Å². The highest BCUT2D eigenvalue weighted by Crippen LogP contribution is 2.36. The van der Waals surface area contributed by atoms with E-state index in [1.807, 2.05) is 67.5 Å². The Labute approximate surface area is 282 Å². The van der Waals surface area contributed by atoms with E-state index < -0.39 is 0 Å². The van der Waals surface area contributed by atoms with Crippen LogP contribution in [0.2, 0.25) is 0 Å². The molecule has 7 nitrogen and oxygen atoms in total. The lowest BCUT2D eigenvalue weighted by Crippen LogP contribution is -1.98. The third kappa shape index (κ3) is 5.39. The Bertz CT molecular complexity index is 2610. The zero-order chi connectivity index (χ0) is 32.6. The molecular formula is C42H27N7. The molecule has 0 bridgehead atoms. The van der Waals surface area contributed by atoms with Gasteiger partial charge in [-0.3, -0.25) is 19.9 Å². The van der Waals surface area contributed by atoms with Crippen molar-refractivity contribution in [3.8, 4) is 61.3 Å². The number of benzene rings is 4. The van der Waals surface area contributed by atoms with Crippen LogP contribution < -0.4 is 0 Å². The Kier molecular flexibility index (Phi) is 6.98. The van der Waals surface area contributed by atoms with Crippen LogP contribution in [-0.2, 0) is 0 Å². The summed E-state index contributed by atoms with van der Waals surface area (Å²) >= 11 is 0. The Hall–Kier alpha value is -6.86. The summed E-state index contributed by atoms with van der Waals surface area (Å²) in [6.07, 6.45) is 14.7. The highest BCUT2D eigenvalue weighted by molar-refractivity contribution is 5.98. The van der Waals surface area contributed by atoms with Crippen LogP contribution in [0, 0.1) is 0 Å². The largest absolute Gasteiger partial charge is 0.264 e. The smallest absolute Gasteiger partial charge is 0.121 e. The Morgan fingerprint density at radius 1 is 0.388 bits per heavy atom. The molecule has 0 unspecified atom stereocenters. The van der Waals surface area contributed by atoms with E-state index in [0.29, 0.717) is 0 Å². The van der Waals surface area contributed by atoms with E-state index in [9.17, 15) is 0 Å². The summed E-state index contributed by atoms with van der Waals surface area (Å²) in [6, 6.07) is 39.7. The molecule has 7 heteroatoms. The van der Waals surface area contributed by atoms with Gasteiger partial charge in [0.25, 0.3) is 0 Å². The average molecular weight is 630 g/mol. The molecule has 0 N–H and O–H groups in total. The summed E-state index contributed by atoms with van der Waals surface area (Å²) in [5.41, 5.74) is 12.4. The van der Waals surface area contributed by atoms with Gasteiger partial charge in [-0.1, -0.05) is 66.7 Å². The van der Waals surface area contributed by atoms with Crippen LogP contribution in [-0.4, -0.2) is 34.9 Å². The maximum absolute atomic E-state index is 5.10. The number of rotatable bonds is 6. The van der Waals surface area contributed by atoms with Gasteiger partial charge in [-0.2, -0.15) is 4.80 Å². The summed E-state index contributed by atoms with van der Waals surface area (Å²) < 4.78 is 0. The first-order valence-electron chi connectivity index (χ1n) is 16.0. The summed E-state index contributed by atoms with van der Waals surface area (Å²) in [7, 11) is 0. The van der Waals surface area contributed by atoms with Gasteiger partial charge in [0, 0.05) is 88.5 Å². The molecule has 0 atom stereocenters. The van der Waals surface area contributed by atoms with Gasteiger partial charge >= 0.3 is 0 Å². The second-order valence-corrected chi connectivity index (χ2v) is 11.9. The van der Waals surface area contributed by atoms with E-state index in [-0.39, 0.29) is 0 Å². The monoisotopic (exact) mass is 629 g/mol. The van der Waals surface area contributed by atoms with Crippen molar-refractivity contribution in [1.29, 1.82) is 0 Å². The second kappa shape index (κ2) is 12.1. The van der Waals surface area contributed by atoms with E-state index in [2.05, 4.69) is 105 Å². The maximum atomic E-state index is 5.10. The van der Waals surface area contributed by atoms with Crippen molar-refractivity contribution in [3.05, 3.63) is 165 Å². The normalized spacial score (nSPS) is 11.3. The predicted octanol–water partition coefficient (Wildman–Crippen LogP) is 9.49. The molecule has 9 aromatic rings. The molecule has 230 valence electrons. The summed E-state index contributed by atoms with van der Waals surface area (Å²) in [4.78, 5) is 19.6. The quantitative estimate of drug-likeness (QED) is 0.182. The molecular weight excluding hydrogens is 603 g/mol. The molecule has 5 aromatic heterocycles. The summed E-state index contributed by atoms with van der Waals surface area (Å²) in [6.45, 7) is 0. The molecule has 0 spiro atoms. The van der Waals surface area contributed by atoms with Gasteiger partial charge in [-0.05, 0) is 76.0 Å². The molecule has 0 saturated carbocycles. The van der Waals surface area contributed by atoms with Crippen LogP contribution in [0.1, 0.15) is 0 Å². The zero-order valence-corrected chi connectivity index (χ0v) is 26.2. The minimum Gasteiger partial charge on any atom is -0.264 e. The lowest BCUT2D eigenvalue weighted by Gasteiger charge is -2.10. The number of hydrogen-bond acceptors (Lipinski definition) is 6. The molecule has 0 aliphatic rings. The molecule has 5 heterocycles. The lowest BCUT2D eigenvalue weighted by atomic mass is 9.96. The van der Waals surface area contributed by atoms with Crippen LogP contribution in [0.4, 0.5) is 0 Å². The first-order chi connectivity index (χ1) is 24.3. The second-order valence-electron chi connectivity index (χ2n) is 11.9. The van der Waals surface area contributed by atoms with Crippen LogP contribution in [0.5, 0.6) is 0 Å². The average Bonchev–Trinajstić information content (AvgIpc) is 3.63. The van der Waals surface area contributed by atoms with Gasteiger partial charge in [0.1, 0.15) is 11.0 Å². The molecule has 9 rings (SSSR count). The maximum Gasteiger partial charge on any atom is 0.121 e. The molecule has 0 saturated heterocycles. The number of pyridine rings is 4. The van der Waals surface area contributed by atoms with E-state index in [4.69, 9.17) is 10.2 Å². The summed E-state index contributed by atoms with van der Waals surface area (Å²) in [5, 5.41) is 12.6. The van der Waals surface area contributed by atoms with Gasteiger partial charge in [0.05, 0.1) is 5.69 Å². The third-order valence-electron chi connectivity index (χ3n) is 8.78. The highest BCUT2D eigenvalue weighted by Gasteiger charge is 2.16. The number of nitrogens with zero attached hydrogens (tertiary/aromatic N) is 7. The van der Waals surface area contributed by atoms with Crippen LogP contribution >= 0.6 is 0 Å². The SMILES string of the molecule is c1cncc(-c2cncc(-c3cc(-c4cncc(-c5cccnc5)c4)c4nn(-c5cccc(-c6cccc7ccccc67)c5)nc4c3)c2)c1. The predicted molar refractivity (Wildman–Crippen MR) is 195 cm³/mol. The Morgan fingerprint density at radius 2 is 1.02 bits per heavy atom. The van der Waals surface area contributed by atoms with Gasteiger partial charge in [-0.15, -0.1) is 10.2 Å². The molecule has 0 radical (unpaired) electrons. The fourth-order valence-electron chi connectivity index (χ4n) is 6.36. The fraction of sp³-hybridized carbons (Fsp3) is 0. The number of fused-ring (bicyclic) bond motifs is 2. The minimum atomic E-state index is 0.765. The van der Waals surface area contributed by atoms with Crippen molar-refractivity contribution in [1.82, 2.24) is 34.9 Å². The zero-order valence-electron chi connectivity index (χ0n) is 26.2. The molecule has 0 aliphatic carbocycles.